The number of hydrazone groups is 1. The maximum Gasteiger partial charge on any atom is 0.209 e. The minimum absolute atomic E-state index is 0. The fourth-order valence-corrected chi connectivity index (χ4v) is 2.60. The van der Waals surface area contributed by atoms with E-state index in [0.29, 0.717) is 5.96 Å². The Morgan fingerprint density at radius 2 is 1.57 bits per heavy atom. The van der Waals surface area contributed by atoms with Crippen molar-refractivity contribution in [2.75, 3.05) is 7.05 Å². The standard InChI is InChI=1S/C18H18N4.ClH/c1-12(21-22-18(19)20-2)17-11-13-7-3-4-8-14(13)15-9-5-6-10-16(15)17;/h3-11H,1-2H3,(H3,19,20,22);1H/b21-12-;. The fourth-order valence-electron chi connectivity index (χ4n) is 2.60. The van der Waals surface area contributed by atoms with Crippen LogP contribution in [-0.2, 0) is 0 Å². The molecule has 0 saturated carbocycles. The van der Waals surface area contributed by atoms with E-state index in [2.05, 4.69) is 58.0 Å². The smallest absolute Gasteiger partial charge is 0.209 e. The number of nitrogens with one attached hydrogen (secondary N) is 1. The van der Waals surface area contributed by atoms with Gasteiger partial charge in [0.25, 0.3) is 0 Å². The first-order valence-electron chi connectivity index (χ1n) is 7.14. The first-order valence-corrected chi connectivity index (χ1v) is 7.14. The molecule has 0 saturated heterocycles. The summed E-state index contributed by atoms with van der Waals surface area (Å²) in [4.78, 5) is 3.84. The molecule has 4 nitrogen and oxygen atoms in total. The van der Waals surface area contributed by atoms with Gasteiger partial charge >= 0.3 is 0 Å². The van der Waals surface area contributed by atoms with Crippen molar-refractivity contribution in [3.8, 4) is 0 Å². The van der Waals surface area contributed by atoms with Crippen LogP contribution in [0.3, 0.4) is 0 Å². The van der Waals surface area contributed by atoms with Crippen LogP contribution in [0.5, 0.6) is 0 Å². The predicted octanol–water partition coefficient (Wildman–Crippen LogP) is 3.67. The molecule has 3 rings (SSSR count). The van der Waals surface area contributed by atoms with E-state index >= 15 is 0 Å². The lowest BCUT2D eigenvalue weighted by Gasteiger charge is -2.10. The van der Waals surface area contributed by atoms with E-state index in [9.17, 15) is 0 Å². The first kappa shape index (κ1) is 16.8. The molecule has 0 aliphatic rings. The van der Waals surface area contributed by atoms with E-state index in [1.165, 1.54) is 21.5 Å². The Morgan fingerprint density at radius 3 is 2.26 bits per heavy atom. The summed E-state index contributed by atoms with van der Waals surface area (Å²) >= 11 is 0. The number of benzene rings is 3. The van der Waals surface area contributed by atoms with Crippen LogP contribution in [0, 0.1) is 0 Å². The number of nitrogens with zero attached hydrogens (tertiary/aromatic N) is 2. The van der Waals surface area contributed by atoms with Crippen molar-refractivity contribution in [2.24, 2.45) is 15.8 Å². The maximum atomic E-state index is 5.63. The highest BCUT2D eigenvalue weighted by Crippen LogP contribution is 2.28. The van der Waals surface area contributed by atoms with E-state index in [4.69, 9.17) is 5.73 Å². The zero-order chi connectivity index (χ0) is 15.5. The molecular weight excluding hydrogens is 308 g/mol. The number of fused-ring (bicyclic) bond motifs is 3. The zero-order valence-electron chi connectivity index (χ0n) is 13.1. The molecule has 3 aromatic carbocycles. The normalized spacial score (nSPS) is 12.3. The highest BCUT2D eigenvalue weighted by molar-refractivity contribution is 6.18. The Morgan fingerprint density at radius 1 is 0.957 bits per heavy atom. The minimum atomic E-state index is 0. The van der Waals surface area contributed by atoms with Gasteiger partial charge in [-0.05, 0) is 34.5 Å². The van der Waals surface area contributed by atoms with E-state index in [-0.39, 0.29) is 12.4 Å². The third kappa shape index (κ3) is 3.27. The summed E-state index contributed by atoms with van der Waals surface area (Å²) < 4.78 is 0. The summed E-state index contributed by atoms with van der Waals surface area (Å²) in [5.74, 6) is 0.296. The van der Waals surface area contributed by atoms with E-state index in [1.807, 2.05) is 19.1 Å². The fraction of sp³-hybridized carbons (Fsp3) is 0.111. The van der Waals surface area contributed by atoms with Crippen LogP contribution in [0.1, 0.15) is 12.5 Å². The molecule has 0 heterocycles. The summed E-state index contributed by atoms with van der Waals surface area (Å²) in [5.41, 5.74) is 10.4. The van der Waals surface area contributed by atoms with Crippen LogP contribution < -0.4 is 11.2 Å². The third-order valence-electron chi connectivity index (χ3n) is 3.74. The van der Waals surface area contributed by atoms with Gasteiger partial charge in [-0.25, -0.2) is 5.43 Å². The number of hydrogen-bond acceptors (Lipinski definition) is 2. The molecule has 0 aromatic heterocycles. The number of aliphatic imine (C=N–C) groups is 1. The van der Waals surface area contributed by atoms with Crippen molar-refractivity contribution in [3.63, 3.8) is 0 Å². The van der Waals surface area contributed by atoms with Gasteiger partial charge in [0.05, 0.1) is 5.71 Å². The SMILES string of the molecule is CN=C(N)N/N=C(/C)c1cc2ccccc2c2ccccc12.Cl. The first-order chi connectivity index (χ1) is 10.7. The Hall–Kier alpha value is -2.59. The molecule has 3 N–H and O–H groups in total. The zero-order valence-corrected chi connectivity index (χ0v) is 13.9. The second-order valence-electron chi connectivity index (χ2n) is 5.11. The quantitative estimate of drug-likeness (QED) is 0.326. The van der Waals surface area contributed by atoms with Crippen LogP contribution in [0.2, 0.25) is 0 Å². The van der Waals surface area contributed by atoms with Gasteiger partial charge in [-0.1, -0.05) is 48.5 Å². The van der Waals surface area contributed by atoms with Gasteiger partial charge in [0.15, 0.2) is 0 Å². The lowest BCUT2D eigenvalue weighted by Crippen LogP contribution is -2.27. The molecule has 23 heavy (non-hydrogen) atoms. The second kappa shape index (κ2) is 7.11. The molecule has 0 unspecified atom stereocenters. The van der Waals surface area contributed by atoms with Crippen LogP contribution in [0.15, 0.2) is 64.7 Å². The molecule has 0 spiro atoms. The molecule has 3 aromatic rings. The molecule has 0 fully saturated rings. The van der Waals surface area contributed by atoms with Crippen molar-refractivity contribution >= 4 is 45.6 Å². The number of nitrogens with two attached hydrogens (primary N) is 1. The maximum absolute atomic E-state index is 5.63. The number of hydrogen-bond donors (Lipinski definition) is 2. The van der Waals surface area contributed by atoms with Crippen molar-refractivity contribution in [2.45, 2.75) is 6.92 Å². The van der Waals surface area contributed by atoms with Gasteiger partial charge in [-0.15, -0.1) is 12.4 Å². The largest absolute Gasteiger partial charge is 0.369 e. The van der Waals surface area contributed by atoms with Crippen molar-refractivity contribution in [1.29, 1.82) is 0 Å². The van der Waals surface area contributed by atoms with Gasteiger partial charge < -0.3 is 5.73 Å². The number of halogens is 1. The number of rotatable bonds is 2. The van der Waals surface area contributed by atoms with E-state index in [0.717, 1.165) is 11.3 Å². The number of guanidine groups is 1. The lowest BCUT2D eigenvalue weighted by molar-refractivity contribution is 0.998. The summed E-state index contributed by atoms with van der Waals surface area (Å²) in [6.45, 7) is 1.96. The molecule has 0 amide bonds. The van der Waals surface area contributed by atoms with Crippen molar-refractivity contribution < 1.29 is 0 Å². The second-order valence-corrected chi connectivity index (χ2v) is 5.11. The Balaban J connectivity index is 0.00000192. The highest BCUT2D eigenvalue weighted by atomic mass is 35.5. The Bertz CT molecular complexity index is 900. The average Bonchev–Trinajstić information content (AvgIpc) is 2.58. The summed E-state index contributed by atoms with van der Waals surface area (Å²) in [7, 11) is 1.62. The van der Waals surface area contributed by atoms with Gasteiger partial charge in [-0.2, -0.15) is 5.10 Å². The third-order valence-corrected chi connectivity index (χ3v) is 3.74. The van der Waals surface area contributed by atoms with Crippen LogP contribution in [0.4, 0.5) is 0 Å². The monoisotopic (exact) mass is 326 g/mol. The highest BCUT2D eigenvalue weighted by Gasteiger charge is 2.08. The average molecular weight is 327 g/mol. The van der Waals surface area contributed by atoms with Crippen molar-refractivity contribution in [1.82, 2.24) is 5.43 Å². The predicted molar refractivity (Wildman–Crippen MR) is 102 cm³/mol. The Labute approximate surface area is 141 Å². The molecule has 118 valence electrons. The Kier molecular flexibility index (Phi) is 5.19. The van der Waals surface area contributed by atoms with Crippen LogP contribution in [-0.4, -0.2) is 18.7 Å². The van der Waals surface area contributed by atoms with Gasteiger partial charge in [0.2, 0.25) is 5.96 Å². The van der Waals surface area contributed by atoms with Crippen LogP contribution >= 0.6 is 12.4 Å². The topological polar surface area (TPSA) is 62.8 Å². The molecule has 0 radical (unpaired) electrons. The summed E-state index contributed by atoms with van der Waals surface area (Å²) in [5, 5.41) is 9.18. The van der Waals surface area contributed by atoms with Crippen molar-refractivity contribution in [3.05, 3.63) is 60.2 Å². The molecular formula is C18H19ClN4. The molecule has 5 heteroatoms. The van der Waals surface area contributed by atoms with Gasteiger partial charge in [0.1, 0.15) is 0 Å². The lowest BCUT2D eigenvalue weighted by atomic mass is 9.95. The molecule has 0 bridgehead atoms. The molecule has 0 aliphatic heterocycles. The summed E-state index contributed by atoms with van der Waals surface area (Å²) in [6.07, 6.45) is 0. The molecule has 0 aliphatic carbocycles. The molecule has 0 atom stereocenters. The van der Waals surface area contributed by atoms with Crippen LogP contribution in [0.25, 0.3) is 21.5 Å². The van der Waals surface area contributed by atoms with E-state index < -0.39 is 0 Å². The van der Waals surface area contributed by atoms with Gasteiger partial charge in [0, 0.05) is 12.6 Å². The van der Waals surface area contributed by atoms with E-state index in [1.54, 1.807) is 7.05 Å². The van der Waals surface area contributed by atoms with Gasteiger partial charge in [-0.3, -0.25) is 4.99 Å². The minimum Gasteiger partial charge on any atom is -0.369 e. The summed E-state index contributed by atoms with van der Waals surface area (Å²) in [6, 6.07) is 18.9.